The summed E-state index contributed by atoms with van der Waals surface area (Å²) in [4.78, 5) is 63.2. The Kier molecular flexibility index (Phi) is 17.6. The van der Waals surface area contributed by atoms with Crippen molar-refractivity contribution in [2.24, 2.45) is 7.05 Å². The highest BCUT2D eigenvalue weighted by Crippen LogP contribution is 2.42. The van der Waals surface area contributed by atoms with Crippen molar-refractivity contribution in [1.82, 2.24) is 60.0 Å². The lowest BCUT2D eigenvalue weighted by atomic mass is 9.94. The molecule has 3 fully saturated rings. The van der Waals surface area contributed by atoms with Crippen LogP contribution in [0.5, 0.6) is 0 Å². The normalized spacial score (nSPS) is 17.9. The van der Waals surface area contributed by atoms with Crippen LogP contribution in [0.2, 0.25) is 0 Å². The van der Waals surface area contributed by atoms with Crippen molar-refractivity contribution < 1.29 is 29.7 Å². The topological polar surface area (TPSA) is 286 Å². The Morgan fingerprint density at radius 3 is 1.28 bits per heavy atom. The van der Waals surface area contributed by atoms with Gasteiger partial charge in [-0.2, -0.15) is 10.2 Å². The smallest absolute Gasteiger partial charge is 0.254 e. The van der Waals surface area contributed by atoms with Gasteiger partial charge in [0.15, 0.2) is 0 Å². The van der Waals surface area contributed by atoms with Crippen molar-refractivity contribution in [3.8, 4) is 33.4 Å². The minimum Gasteiger partial charge on any atom is -0.393 e. The number of amides is 3. The van der Waals surface area contributed by atoms with E-state index in [0.717, 1.165) is 186 Å². The molecule has 3 saturated heterocycles. The number of nitrogens with zero attached hydrogens (tertiary/aromatic N) is 12. The van der Waals surface area contributed by atoms with Gasteiger partial charge in [-0.25, -0.2) is 19.9 Å². The van der Waals surface area contributed by atoms with Gasteiger partial charge in [-0.05, 0) is 176 Å². The van der Waals surface area contributed by atoms with Crippen LogP contribution in [-0.4, -0.2) is 135 Å². The van der Waals surface area contributed by atoms with E-state index in [-0.39, 0.29) is 36.0 Å². The van der Waals surface area contributed by atoms with E-state index in [2.05, 4.69) is 110 Å². The molecule has 0 spiro atoms. The summed E-state index contributed by atoms with van der Waals surface area (Å²) in [5.41, 5.74) is 20.5. The fourth-order valence-corrected chi connectivity index (χ4v) is 15.6. The molecule has 0 saturated carbocycles. The number of piperidine rings is 2. The molecule has 0 aliphatic carbocycles. The molecule has 8 aliphatic heterocycles. The summed E-state index contributed by atoms with van der Waals surface area (Å²) < 4.78 is 6.24. The number of hydrogen-bond donors (Lipinski definition) is 9. The van der Waals surface area contributed by atoms with Crippen LogP contribution in [-0.2, 0) is 52.6 Å². The highest BCUT2D eigenvalue weighted by Gasteiger charge is 2.33. The lowest BCUT2D eigenvalue weighted by molar-refractivity contribution is 0.0958. The maximum absolute atomic E-state index is 12.8. The van der Waals surface area contributed by atoms with E-state index in [1.54, 1.807) is 6.20 Å². The van der Waals surface area contributed by atoms with Gasteiger partial charge < -0.3 is 66.5 Å². The number of rotatable bonds is 12. The van der Waals surface area contributed by atoms with E-state index in [4.69, 9.17) is 0 Å². The van der Waals surface area contributed by atoms with Gasteiger partial charge >= 0.3 is 0 Å². The molecule has 100 heavy (non-hydrogen) atoms. The molecule has 24 nitrogen and oxygen atoms in total. The van der Waals surface area contributed by atoms with Gasteiger partial charge in [-0.15, -0.1) is 0 Å². The number of aromatic nitrogens is 9. The van der Waals surface area contributed by atoms with Crippen molar-refractivity contribution >= 4 is 80.3 Å². The minimum absolute atomic E-state index is 0.0545. The fourth-order valence-electron chi connectivity index (χ4n) is 15.6. The number of carbonyl (C=O) groups is 3. The van der Waals surface area contributed by atoms with Crippen molar-refractivity contribution in [3.05, 3.63) is 173 Å². The van der Waals surface area contributed by atoms with Gasteiger partial charge in [0.2, 0.25) is 0 Å². The Morgan fingerprint density at radius 2 is 0.840 bits per heavy atom. The van der Waals surface area contributed by atoms with Crippen molar-refractivity contribution in [1.29, 1.82) is 0 Å². The number of nitrogens with one attached hydrogen (secondary N) is 6. The molecule has 3 amide bonds. The molecule has 3 aromatic carbocycles. The van der Waals surface area contributed by atoms with E-state index in [1.165, 1.54) is 43.5 Å². The molecular formula is C76H82N18O6. The summed E-state index contributed by atoms with van der Waals surface area (Å²) in [5, 5.41) is 58.6. The van der Waals surface area contributed by atoms with E-state index in [0.29, 0.717) is 60.3 Å². The highest BCUT2D eigenvalue weighted by atomic mass is 16.3. The Hall–Kier alpha value is -10.7. The maximum Gasteiger partial charge on any atom is 0.254 e. The van der Waals surface area contributed by atoms with Gasteiger partial charge in [-0.3, -0.25) is 23.7 Å². The first-order valence-corrected chi connectivity index (χ1v) is 35.2. The van der Waals surface area contributed by atoms with Crippen LogP contribution < -0.4 is 46.6 Å². The van der Waals surface area contributed by atoms with Gasteiger partial charge in [0.05, 0.1) is 100 Å². The molecule has 24 heteroatoms. The van der Waals surface area contributed by atoms with E-state index < -0.39 is 0 Å². The molecule has 15 heterocycles. The zero-order chi connectivity index (χ0) is 68.0. The van der Waals surface area contributed by atoms with Gasteiger partial charge in [-0.1, -0.05) is 24.6 Å². The summed E-state index contributed by atoms with van der Waals surface area (Å²) in [6, 6.07) is 28.1. The molecule has 0 bridgehead atoms. The monoisotopic (exact) mass is 1340 g/mol. The van der Waals surface area contributed by atoms with Crippen molar-refractivity contribution in [2.75, 3.05) is 69.9 Å². The third-order valence-electron chi connectivity index (χ3n) is 21.0. The molecule has 8 aliphatic rings. The lowest BCUT2D eigenvalue weighted by Gasteiger charge is -2.31. The SMILES string of the molecule is Cn1ccc2c(-c3ccc(Nc4ccc(N5CC[C@H](O)C5)cn4)c4c3CNC4=O)ccnc21.O=C1NCc2c(-c3cnn4c3CCCC4)ccc(Nc3ccc(N4CCC(O)CC4)cn3)c21.O=C1NCc2c(-c3cnn4c3CCCCC4)ccc(Nc3ccc(N4CCC(O)CC4)cn3)c21. The molecule has 9 N–H and O–H groups in total. The average Bonchev–Trinajstić information content (AvgIpc) is 1.59. The molecule has 18 rings (SSSR count). The zero-order valence-electron chi connectivity index (χ0n) is 56.1. The number of aliphatic hydroxyl groups excluding tert-OH is 3. The number of carbonyl (C=O) groups excluding carboxylic acids is 3. The number of anilines is 9. The minimum atomic E-state index is -0.278. The second-order valence-corrected chi connectivity index (χ2v) is 27.2. The van der Waals surface area contributed by atoms with Crippen LogP contribution in [0.15, 0.2) is 128 Å². The second kappa shape index (κ2) is 27.6. The first kappa shape index (κ1) is 64.0. The predicted molar refractivity (Wildman–Crippen MR) is 386 cm³/mol. The molecule has 0 unspecified atom stereocenters. The first-order chi connectivity index (χ1) is 48.9. The van der Waals surface area contributed by atoms with E-state index in [1.807, 2.05) is 109 Å². The maximum atomic E-state index is 12.8. The average molecular weight is 1340 g/mol. The Morgan fingerprint density at radius 1 is 0.420 bits per heavy atom. The number of hydrogen-bond acceptors (Lipinski definition) is 18. The van der Waals surface area contributed by atoms with Crippen LogP contribution in [0.4, 0.5) is 51.6 Å². The van der Waals surface area contributed by atoms with Gasteiger partial charge in [0.25, 0.3) is 17.7 Å². The van der Waals surface area contributed by atoms with Crippen LogP contribution in [0.25, 0.3) is 44.4 Å². The second-order valence-electron chi connectivity index (χ2n) is 27.2. The van der Waals surface area contributed by atoms with Crippen LogP contribution >= 0.6 is 0 Å². The van der Waals surface area contributed by atoms with Crippen molar-refractivity contribution in [2.45, 2.75) is 128 Å². The molecule has 512 valence electrons. The predicted octanol–water partition coefficient (Wildman–Crippen LogP) is 10.0. The molecular weight excluding hydrogens is 1260 g/mol. The standard InChI is InChI=1S/C26H30N6O2.C25H24N6O2.C25H28N6O2/c33-18-9-12-31(13-10-18)17-5-8-24(27-14-17)30-22-7-6-19(21-15-28-26(34)25(21)22)20-16-29-32-11-3-1-2-4-23(20)32;1-30-10-8-19-18(6-9-26-24(19)30)17-3-4-21(23-20(17)13-28-25(23)33)29-22-5-2-15(12-27-22)31-11-7-16(32)14-31;32-17-8-11-30(12-9-17)16-4-7-23(26-13-16)29-21-6-5-18(20-14-27-25(33)24(20)21)19-15-28-31-10-2-1-3-22(19)31/h5-8,14,16,18,33H,1-4,9-13,15H2,(H,27,30)(H,28,34);2-6,8-10,12,16,32H,7,11,13-14H2,1H3,(H,27,29)(H,28,33);4-7,13,15,17,32H,1-3,8-12,14H2,(H,26,29)(H,27,33)/t;16-;/m.0./s1. The van der Waals surface area contributed by atoms with Crippen molar-refractivity contribution in [3.63, 3.8) is 0 Å². The van der Waals surface area contributed by atoms with E-state index in [9.17, 15) is 29.7 Å². The van der Waals surface area contributed by atoms with E-state index >= 15 is 0 Å². The van der Waals surface area contributed by atoms with Crippen LogP contribution in [0, 0.1) is 0 Å². The highest BCUT2D eigenvalue weighted by molar-refractivity contribution is 6.09. The number of β-amino-alcohol motifs (C(OH)–C–C–N with tert-alkyl or cyclic N) is 1. The summed E-state index contributed by atoms with van der Waals surface area (Å²) in [5.74, 6) is 1.88. The molecule has 0 radical (unpaired) electrons. The third kappa shape index (κ3) is 12.7. The Balaban J connectivity index is 0.000000117. The van der Waals surface area contributed by atoms with Crippen LogP contribution in [0.1, 0.15) is 123 Å². The number of aryl methyl sites for hydroxylation is 3. The zero-order valence-corrected chi connectivity index (χ0v) is 56.1. The molecule has 1 atom stereocenters. The Bertz CT molecular complexity index is 4720. The largest absolute Gasteiger partial charge is 0.393 e. The number of benzene rings is 3. The lowest BCUT2D eigenvalue weighted by Crippen LogP contribution is -2.35. The summed E-state index contributed by atoms with van der Waals surface area (Å²) in [7, 11) is 1.98. The fraction of sp³-hybridized carbons (Fsp3) is 0.355. The van der Waals surface area contributed by atoms with Crippen LogP contribution in [0.3, 0.4) is 0 Å². The van der Waals surface area contributed by atoms with Gasteiger partial charge in [0, 0.05) is 119 Å². The third-order valence-corrected chi connectivity index (χ3v) is 21.0. The summed E-state index contributed by atoms with van der Waals surface area (Å²) in [6.45, 7) is 8.27. The summed E-state index contributed by atoms with van der Waals surface area (Å²) >= 11 is 0. The number of pyridine rings is 4. The van der Waals surface area contributed by atoms with Gasteiger partial charge in [0.1, 0.15) is 23.1 Å². The number of aliphatic hydroxyl groups is 3. The number of fused-ring (bicyclic) bond motifs is 6. The first-order valence-electron chi connectivity index (χ1n) is 35.2. The molecule has 7 aromatic heterocycles. The quantitative estimate of drug-likeness (QED) is 0.0550. The Labute approximate surface area is 578 Å². The summed E-state index contributed by atoms with van der Waals surface area (Å²) in [6.07, 6.45) is 24.5. The molecule has 10 aromatic rings.